The molecule has 0 spiro atoms. The van der Waals surface area contributed by atoms with Crippen LogP contribution in [0.5, 0.6) is 0 Å². The summed E-state index contributed by atoms with van der Waals surface area (Å²) in [5, 5.41) is 9.08. The van der Waals surface area contributed by atoms with Crippen LogP contribution in [0.3, 0.4) is 0 Å². The molecule has 2 rings (SSSR count). The van der Waals surface area contributed by atoms with Crippen molar-refractivity contribution in [2.45, 2.75) is 24.8 Å². The van der Waals surface area contributed by atoms with E-state index < -0.39 is 22.0 Å². The minimum atomic E-state index is -3.80. The second-order valence-corrected chi connectivity index (χ2v) is 6.33. The van der Waals surface area contributed by atoms with E-state index in [-0.39, 0.29) is 11.4 Å². The molecule has 1 aliphatic heterocycles. The maximum Gasteiger partial charge on any atom is 0.326 e. The van der Waals surface area contributed by atoms with E-state index in [1.54, 1.807) is 38.1 Å². The molecule has 0 bridgehead atoms. The molecule has 102 valence electrons. The van der Waals surface area contributed by atoms with Crippen molar-refractivity contribution >= 4 is 16.0 Å². The lowest BCUT2D eigenvalue weighted by atomic mass is 10.2. The Morgan fingerprint density at radius 2 is 1.89 bits per heavy atom. The van der Waals surface area contributed by atoms with Gasteiger partial charge in [0.1, 0.15) is 6.04 Å². The van der Waals surface area contributed by atoms with E-state index >= 15 is 0 Å². The highest BCUT2D eigenvalue weighted by atomic mass is 32.2. The molecule has 0 aromatic heterocycles. The third-order valence-electron chi connectivity index (χ3n) is 3.14. The number of nitrogens with zero attached hydrogens (tertiary/aromatic N) is 1. The number of aryl methyl sites for hydroxylation is 2. The number of benzene rings is 1. The highest BCUT2D eigenvalue weighted by molar-refractivity contribution is 7.89. The maximum absolute atomic E-state index is 12.6. The van der Waals surface area contributed by atoms with E-state index in [2.05, 4.69) is 0 Å². The molecule has 0 radical (unpaired) electrons. The third kappa shape index (κ3) is 2.29. The van der Waals surface area contributed by atoms with Crippen LogP contribution in [0.2, 0.25) is 0 Å². The lowest BCUT2D eigenvalue weighted by molar-refractivity contribution is -0.139. The SMILES string of the molecule is Cc1cccc(C)c1S(=O)(=O)N1CC=CC1C(=O)O. The lowest BCUT2D eigenvalue weighted by Gasteiger charge is -2.23. The van der Waals surface area contributed by atoms with Gasteiger partial charge in [0.05, 0.1) is 4.90 Å². The zero-order valence-electron chi connectivity index (χ0n) is 10.7. The van der Waals surface area contributed by atoms with Crippen LogP contribution in [-0.4, -0.2) is 36.4 Å². The van der Waals surface area contributed by atoms with Gasteiger partial charge in [-0.1, -0.05) is 30.4 Å². The Bertz CT molecular complexity index is 628. The molecule has 1 N–H and O–H groups in total. The number of carboxylic acid groups (broad SMARTS) is 1. The molecule has 19 heavy (non-hydrogen) atoms. The van der Waals surface area contributed by atoms with Gasteiger partial charge in [-0.3, -0.25) is 4.79 Å². The van der Waals surface area contributed by atoms with Crippen LogP contribution in [0.15, 0.2) is 35.2 Å². The van der Waals surface area contributed by atoms with Crippen LogP contribution in [0.25, 0.3) is 0 Å². The number of hydrogen-bond donors (Lipinski definition) is 1. The quantitative estimate of drug-likeness (QED) is 0.848. The molecule has 1 atom stereocenters. The molecule has 0 aliphatic carbocycles. The minimum absolute atomic E-state index is 0.0904. The summed E-state index contributed by atoms with van der Waals surface area (Å²) in [6, 6.07) is 4.07. The van der Waals surface area contributed by atoms with Gasteiger partial charge in [-0.15, -0.1) is 0 Å². The third-order valence-corrected chi connectivity index (χ3v) is 5.30. The van der Waals surface area contributed by atoms with Crippen molar-refractivity contribution < 1.29 is 18.3 Å². The van der Waals surface area contributed by atoms with Crippen LogP contribution in [0.4, 0.5) is 0 Å². The summed E-state index contributed by atoms with van der Waals surface area (Å²) >= 11 is 0. The lowest BCUT2D eigenvalue weighted by Crippen LogP contribution is -2.41. The molecule has 1 aromatic carbocycles. The number of rotatable bonds is 3. The molecule has 0 saturated carbocycles. The smallest absolute Gasteiger partial charge is 0.326 e. The summed E-state index contributed by atoms with van der Waals surface area (Å²) < 4.78 is 26.2. The van der Waals surface area contributed by atoms with Crippen molar-refractivity contribution in [2.24, 2.45) is 0 Å². The average Bonchev–Trinajstić information content (AvgIpc) is 2.77. The summed E-state index contributed by atoms with van der Waals surface area (Å²) in [6.07, 6.45) is 2.96. The molecular formula is C13H15NO4S. The van der Waals surface area contributed by atoms with Crippen molar-refractivity contribution in [3.05, 3.63) is 41.5 Å². The summed E-state index contributed by atoms with van der Waals surface area (Å²) in [6.45, 7) is 3.51. The molecule has 1 heterocycles. The van der Waals surface area contributed by atoms with E-state index in [9.17, 15) is 13.2 Å². The molecule has 0 saturated heterocycles. The van der Waals surface area contributed by atoms with Gasteiger partial charge in [-0.05, 0) is 25.0 Å². The summed E-state index contributed by atoms with van der Waals surface area (Å²) in [5.74, 6) is -1.16. The van der Waals surface area contributed by atoms with Crippen molar-refractivity contribution in [1.82, 2.24) is 4.31 Å². The van der Waals surface area contributed by atoms with Crippen LogP contribution < -0.4 is 0 Å². The Morgan fingerprint density at radius 3 is 2.42 bits per heavy atom. The van der Waals surface area contributed by atoms with Crippen LogP contribution >= 0.6 is 0 Å². The Hall–Kier alpha value is -1.66. The molecular weight excluding hydrogens is 266 g/mol. The highest BCUT2D eigenvalue weighted by Crippen LogP contribution is 2.27. The van der Waals surface area contributed by atoms with Gasteiger partial charge in [0.15, 0.2) is 0 Å². The van der Waals surface area contributed by atoms with Gasteiger partial charge < -0.3 is 5.11 Å². The van der Waals surface area contributed by atoms with Gasteiger partial charge in [-0.2, -0.15) is 4.31 Å². The van der Waals surface area contributed by atoms with Crippen LogP contribution in [0.1, 0.15) is 11.1 Å². The Balaban J connectivity index is 2.52. The molecule has 1 aliphatic rings. The highest BCUT2D eigenvalue weighted by Gasteiger charge is 2.37. The van der Waals surface area contributed by atoms with E-state index in [0.717, 1.165) is 4.31 Å². The molecule has 0 fully saturated rings. The first-order valence-electron chi connectivity index (χ1n) is 5.83. The van der Waals surface area contributed by atoms with E-state index in [4.69, 9.17) is 5.11 Å². The first-order valence-corrected chi connectivity index (χ1v) is 7.27. The minimum Gasteiger partial charge on any atom is -0.480 e. The number of sulfonamides is 1. The molecule has 1 unspecified atom stereocenters. The second kappa shape index (κ2) is 4.79. The van der Waals surface area contributed by atoms with Gasteiger partial charge in [-0.25, -0.2) is 8.42 Å². The molecule has 6 heteroatoms. The Labute approximate surface area is 112 Å². The first-order chi connectivity index (χ1) is 8.85. The van der Waals surface area contributed by atoms with Crippen molar-refractivity contribution in [3.63, 3.8) is 0 Å². The standard InChI is InChI=1S/C13H15NO4S/c1-9-5-3-6-10(2)12(9)19(17,18)14-8-4-7-11(14)13(15)16/h3-7,11H,8H2,1-2H3,(H,15,16). The number of carboxylic acids is 1. The molecule has 0 amide bonds. The monoisotopic (exact) mass is 281 g/mol. The zero-order valence-corrected chi connectivity index (χ0v) is 11.5. The predicted octanol–water partition coefficient (Wildman–Crippen LogP) is 1.32. The molecule has 5 nitrogen and oxygen atoms in total. The first kappa shape index (κ1) is 13.8. The Kier molecular flexibility index (Phi) is 3.47. The van der Waals surface area contributed by atoms with E-state index in [0.29, 0.717) is 11.1 Å². The van der Waals surface area contributed by atoms with Gasteiger partial charge in [0.2, 0.25) is 10.0 Å². The zero-order chi connectivity index (χ0) is 14.2. The van der Waals surface area contributed by atoms with Gasteiger partial charge in [0.25, 0.3) is 0 Å². The maximum atomic E-state index is 12.6. The predicted molar refractivity (Wildman–Crippen MR) is 70.4 cm³/mol. The van der Waals surface area contributed by atoms with Crippen molar-refractivity contribution in [2.75, 3.05) is 6.54 Å². The Morgan fingerprint density at radius 1 is 1.32 bits per heavy atom. The normalized spacial score (nSPS) is 19.8. The number of hydrogen-bond acceptors (Lipinski definition) is 3. The van der Waals surface area contributed by atoms with Gasteiger partial charge in [0, 0.05) is 6.54 Å². The van der Waals surface area contributed by atoms with Crippen molar-refractivity contribution in [3.8, 4) is 0 Å². The fourth-order valence-corrected chi connectivity index (χ4v) is 4.21. The number of aliphatic carboxylic acids is 1. The summed E-state index contributed by atoms with van der Waals surface area (Å²) in [5.41, 5.74) is 1.24. The fraction of sp³-hybridized carbons (Fsp3) is 0.308. The largest absolute Gasteiger partial charge is 0.480 e. The second-order valence-electron chi connectivity index (χ2n) is 4.51. The van der Waals surface area contributed by atoms with Crippen LogP contribution in [-0.2, 0) is 14.8 Å². The summed E-state index contributed by atoms with van der Waals surface area (Å²) in [7, 11) is -3.80. The fourth-order valence-electron chi connectivity index (χ4n) is 2.28. The average molecular weight is 281 g/mol. The van der Waals surface area contributed by atoms with E-state index in [1.165, 1.54) is 6.08 Å². The summed E-state index contributed by atoms with van der Waals surface area (Å²) in [4.78, 5) is 11.3. The van der Waals surface area contributed by atoms with E-state index in [1.807, 2.05) is 0 Å². The molecule has 1 aromatic rings. The van der Waals surface area contributed by atoms with Crippen LogP contribution in [0, 0.1) is 13.8 Å². The van der Waals surface area contributed by atoms with Crippen molar-refractivity contribution in [1.29, 1.82) is 0 Å². The topological polar surface area (TPSA) is 74.7 Å². The number of carbonyl (C=O) groups is 1. The van der Waals surface area contributed by atoms with Gasteiger partial charge >= 0.3 is 5.97 Å².